The molecule has 90 valence electrons. The topological polar surface area (TPSA) is 9.23 Å². The molecule has 0 spiro atoms. The first-order chi connectivity index (χ1) is 7.51. The van der Waals surface area contributed by atoms with Gasteiger partial charge in [-0.1, -0.05) is 59.4 Å². The predicted molar refractivity (Wildman–Crippen MR) is 74.1 cm³/mol. The molecule has 0 saturated carbocycles. The number of methoxy groups -OCH3 is 1. The maximum atomic E-state index is 6.21. The third-order valence-electron chi connectivity index (χ3n) is 2.71. The molecule has 0 aliphatic heterocycles. The molecule has 1 aromatic carbocycles. The minimum absolute atomic E-state index is 0.216. The molecule has 0 aromatic heterocycles. The van der Waals surface area contributed by atoms with E-state index in [0.29, 0.717) is 21.7 Å². The number of alkyl halides is 1. The van der Waals surface area contributed by atoms with Crippen LogP contribution in [0.15, 0.2) is 12.1 Å². The highest BCUT2D eigenvalue weighted by atomic mass is 79.9. The van der Waals surface area contributed by atoms with Gasteiger partial charge in [0.05, 0.1) is 12.1 Å². The highest BCUT2D eigenvalue weighted by molar-refractivity contribution is 9.09. The van der Waals surface area contributed by atoms with Crippen molar-refractivity contribution >= 4 is 39.1 Å². The maximum absolute atomic E-state index is 6.21. The van der Waals surface area contributed by atoms with Crippen molar-refractivity contribution < 1.29 is 4.74 Å². The molecule has 2 atom stereocenters. The Balaban J connectivity index is 3.10. The lowest BCUT2D eigenvalue weighted by atomic mass is 9.98. The van der Waals surface area contributed by atoms with Crippen molar-refractivity contribution in [3.8, 4) is 5.75 Å². The van der Waals surface area contributed by atoms with E-state index in [0.717, 1.165) is 12.0 Å². The number of hydrogen-bond acceptors (Lipinski definition) is 1. The fourth-order valence-electron chi connectivity index (χ4n) is 1.43. The van der Waals surface area contributed by atoms with Gasteiger partial charge in [0, 0.05) is 15.9 Å². The minimum atomic E-state index is 0.216. The van der Waals surface area contributed by atoms with E-state index in [1.807, 2.05) is 6.07 Å². The lowest BCUT2D eigenvalue weighted by Crippen LogP contribution is -2.03. The number of halogens is 3. The summed E-state index contributed by atoms with van der Waals surface area (Å²) in [5, 5.41) is 1.28. The number of ether oxygens (including phenoxy) is 1. The van der Waals surface area contributed by atoms with E-state index in [9.17, 15) is 0 Å². The van der Waals surface area contributed by atoms with Crippen molar-refractivity contribution in [2.24, 2.45) is 5.92 Å². The largest absolute Gasteiger partial charge is 0.495 e. The summed E-state index contributed by atoms with van der Waals surface area (Å²) in [7, 11) is 1.58. The summed E-state index contributed by atoms with van der Waals surface area (Å²) in [4.78, 5) is 0.216. The molecule has 0 saturated heterocycles. The summed E-state index contributed by atoms with van der Waals surface area (Å²) in [6.45, 7) is 4.33. The highest BCUT2D eigenvalue weighted by Crippen LogP contribution is 2.40. The molecule has 1 rings (SSSR count). The molecule has 0 heterocycles. The van der Waals surface area contributed by atoms with Crippen molar-refractivity contribution in [1.29, 1.82) is 0 Å². The van der Waals surface area contributed by atoms with Crippen LogP contribution in [0.4, 0.5) is 0 Å². The van der Waals surface area contributed by atoms with E-state index in [2.05, 4.69) is 29.8 Å². The van der Waals surface area contributed by atoms with Crippen molar-refractivity contribution in [2.45, 2.75) is 25.1 Å². The normalized spacial score (nSPS) is 14.6. The first-order valence-corrected chi connectivity index (χ1v) is 6.85. The second kappa shape index (κ2) is 6.13. The van der Waals surface area contributed by atoms with Crippen LogP contribution in [0.3, 0.4) is 0 Å². The van der Waals surface area contributed by atoms with Crippen LogP contribution in [0.25, 0.3) is 0 Å². The third kappa shape index (κ3) is 3.06. The Morgan fingerprint density at radius 3 is 2.44 bits per heavy atom. The van der Waals surface area contributed by atoms with Crippen molar-refractivity contribution in [3.05, 3.63) is 27.7 Å². The monoisotopic (exact) mass is 324 g/mol. The van der Waals surface area contributed by atoms with Crippen LogP contribution in [0.1, 0.15) is 30.7 Å². The number of rotatable bonds is 4. The van der Waals surface area contributed by atoms with Gasteiger partial charge >= 0.3 is 0 Å². The Bertz CT molecular complexity index is 368. The zero-order valence-electron chi connectivity index (χ0n) is 9.56. The van der Waals surface area contributed by atoms with E-state index in [1.54, 1.807) is 13.2 Å². The molecule has 0 aliphatic rings. The third-order valence-corrected chi connectivity index (χ3v) is 4.73. The summed E-state index contributed by atoms with van der Waals surface area (Å²) >= 11 is 16.0. The van der Waals surface area contributed by atoms with Gasteiger partial charge in [-0.2, -0.15) is 0 Å². The van der Waals surface area contributed by atoms with Gasteiger partial charge in [0.25, 0.3) is 0 Å². The molecule has 0 aliphatic carbocycles. The Morgan fingerprint density at radius 2 is 1.94 bits per heavy atom. The van der Waals surface area contributed by atoms with E-state index in [4.69, 9.17) is 27.9 Å². The quantitative estimate of drug-likeness (QED) is 0.665. The second-order valence-electron chi connectivity index (χ2n) is 3.80. The van der Waals surface area contributed by atoms with Gasteiger partial charge in [-0.3, -0.25) is 0 Å². The standard InChI is InChI=1S/C12H15BrCl2O/c1-4-7(2)12(13)8-5-10(15)11(16-3)6-9(8)14/h5-7,12H,4H2,1-3H3. The van der Waals surface area contributed by atoms with Crippen LogP contribution < -0.4 is 4.74 Å². The van der Waals surface area contributed by atoms with Gasteiger partial charge < -0.3 is 4.74 Å². The Labute approximate surface area is 115 Å². The molecule has 0 amide bonds. The fraction of sp³-hybridized carbons (Fsp3) is 0.500. The van der Waals surface area contributed by atoms with E-state index in [1.165, 1.54) is 0 Å². The molecule has 0 bridgehead atoms. The molecule has 2 unspecified atom stereocenters. The average molecular weight is 326 g/mol. The van der Waals surface area contributed by atoms with Gasteiger partial charge in [-0.25, -0.2) is 0 Å². The van der Waals surface area contributed by atoms with Crippen LogP contribution in [0, 0.1) is 5.92 Å². The zero-order chi connectivity index (χ0) is 12.3. The van der Waals surface area contributed by atoms with Crippen LogP contribution in [0.2, 0.25) is 10.0 Å². The zero-order valence-corrected chi connectivity index (χ0v) is 12.7. The van der Waals surface area contributed by atoms with E-state index < -0.39 is 0 Å². The second-order valence-corrected chi connectivity index (χ2v) is 5.60. The Morgan fingerprint density at radius 1 is 1.31 bits per heavy atom. The van der Waals surface area contributed by atoms with Gasteiger partial charge in [0.15, 0.2) is 0 Å². The maximum Gasteiger partial charge on any atom is 0.138 e. The summed E-state index contributed by atoms with van der Waals surface area (Å²) in [5.74, 6) is 1.11. The van der Waals surface area contributed by atoms with Gasteiger partial charge in [-0.15, -0.1) is 0 Å². The lowest BCUT2D eigenvalue weighted by molar-refractivity contribution is 0.414. The van der Waals surface area contributed by atoms with Crippen molar-refractivity contribution in [1.82, 2.24) is 0 Å². The average Bonchev–Trinajstić information content (AvgIpc) is 2.29. The SMILES string of the molecule is CCC(C)C(Br)c1cc(Cl)c(OC)cc1Cl. The molecule has 4 heteroatoms. The lowest BCUT2D eigenvalue weighted by Gasteiger charge is -2.19. The van der Waals surface area contributed by atoms with E-state index >= 15 is 0 Å². The summed E-state index contributed by atoms with van der Waals surface area (Å²) < 4.78 is 5.12. The van der Waals surface area contributed by atoms with Gasteiger partial charge in [0.1, 0.15) is 5.75 Å². The van der Waals surface area contributed by atoms with Crippen LogP contribution >= 0.6 is 39.1 Å². The number of benzene rings is 1. The van der Waals surface area contributed by atoms with Crippen LogP contribution in [-0.2, 0) is 0 Å². The van der Waals surface area contributed by atoms with Crippen LogP contribution in [0.5, 0.6) is 5.75 Å². The summed E-state index contributed by atoms with van der Waals surface area (Å²) in [6, 6.07) is 3.63. The van der Waals surface area contributed by atoms with Crippen molar-refractivity contribution in [3.63, 3.8) is 0 Å². The highest BCUT2D eigenvalue weighted by Gasteiger charge is 2.19. The fourth-order valence-corrected chi connectivity index (χ4v) is 2.83. The molecule has 0 radical (unpaired) electrons. The van der Waals surface area contributed by atoms with Gasteiger partial charge in [0.2, 0.25) is 0 Å². The molecule has 1 aromatic rings. The first kappa shape index (κ1) is 14.1. The Hall–Kier alpha value is 0.0800. The van der Waals surface area contributed by atoms with Gasteiger partial charge in [-0.05, 0) is 17.5 Å². The minimum Gasteiger partial charge on any atom is -0.495 e. The summed E-state index contributed by atoms with van der Waals surface area (Å²) in [5.41, 5.74) is 1.02. The molecular formula is C12H15BrCl2O. The number of hydrogen-bond donors (Lipinski definition) is 0. The molecule has 1 nitrogen and oxygen atoms in total. The summed E-state index contributed by atoms with van der Waals surface area (Å²) in [6.07, 6.45) is 1.08. The molecule has 0 N–H and O–H groups in total. The predicted octanol–water partition coefficient (Wildman–Crippen LogP) is 5.48. The van der Waals surface area contributed by atoms with Crippen molar-refractivity contribution in [2.75, 3.05) is 7.11 Å². The van der Waals surface area contributed by atoms with E-state index in [-0.39, 0.29) is 4.83 Å². The molecule has 0 fully saturated rings. The first-order valence-electron chi connectivity index (χ1n) is 5.18. The Kier molecular flexibility index (Phi) is 5.42. The molecular weight excluding hydrogens is 311 g/mol. The molecule has 16 heavy (non-hydrogen) atoms. The smallest absolute Gasteiger partial charge is 0.138 e. The van der Waals surface area contributed by atoms with Crippen LogP contribution in [-0.4, -0.2) is 7.11 Å².